The lowest BCUT2D eigenvalue weighted by Gasteiger charge is -2.25. The summed E-state index contributed by atoms with van der Waals surface area (Å²) in [6.45, 7) is 3.66. The summed E-state index contributed by atoms with van der Waals surface area (Å²) in [5.74, 6) is -2.31. The Balaban J connectivity index is 5.33. The normalized spacial score (nSPS) is 13.5. The lowest BCUT2D eigenvalue weighted by molar-refractivity contribution is -0.142. The third kappa shape index (κ3) is 13.0. The first kappa shape index (κ1) is 29.5. The van der Waals surface area contributed by atoms with Gasteiger partial charge in [-0.15, -0.1) is 0 Å². The fourth-order valence-electron chi connectivity index (χ4n) is 2.77. The molecular weight excluding hydrogens is 438 g/mol. The van der Waals surface area contributed by atoms with Crippen LogP contribution >= 0.6 is 11.8 Å². The third-order valence-corrected chi connectivity index (χ3v) is 4.99. The first-order valence-electron chi connectivity index (χ1n) is 10.4. The molecular formula is C19H37N7O5S. The molecule has 0 saturated carbocycles. The summed E-state index contributed by atoms with van der Waals surface area (Å²) in [6, 6.07) is -2.97. The maximum Gasteiger partial charge on any atom is 0.326 e. The van der Waals surface area contributed by atoms with Gasteiger partial charge in [0.1, 0.15) is 18.1 Å². The van der Waals surface area contributed by atoms with Crippen molar-refractivity contribution in [3.63, 3.8) is 0 Å². The van der Waals surface area contributed by atoms with Crippen LogP contribution in [0.1, 0.15) is 39.5 Å². The number of nitrogens with two attached hydrogens (primary N) is 3. The van der Waals surface area contributed by atoms with E-state index in [4.69, 9.17) is 17.2 Å². The molecule has 0 aliphatic heterocycles. The van der Waals surface area contributed by atoms with Gasteiger partial charge in [-0.3, -0.25) is 19.4 Å². The van der Waals surface area contributed by atoms with Gasteiger partial charge in [-0.05, 0) is 43.6 Å². The number of nitrogens with zero attached hydrogens (tertiary/aromatic N) is 1. The van der Waals surface area contributed by atoms with Crippen molar-refractivity contribution in [2.75, 3.05) is 25.1 Å². The van der Waals surface area contributed by atoms with E-state index in [9.17, 15) is 24.3 Å². The quantitative estimate of drug-likeness (QED) is 0.0771. The zero-order valence-corrected chi connectivity index (χ0v) is 19.7. The molecule has 184 valence electrons. The smallest absolute Gasteiger partial charge is 0.326 e. The van der Waals surface area contributed by atoms with E-state index in [-0.39, 0.29) is 44.2 Å². The molecule has 3 amide bonds. The predicted molar refractivity (Wildman–Crippen MR) is 125 cm³/mol. The van der Waals surface area contributed by atoms with Crippen LogP contribution < -0.4 is 33.2 Å². The number of aliphatic carboxylic acids is 1. The molecule has 0 aliphatic rings. The summed E-state index contributed by atoms with van der Waals surface area (Å²) in [7, 11) is 0. The monoisotopic (exact) mass is 475 g/mol. The molecule has 0 aromatic heterocycles. The molecule has 0 aliphatic carbocycles. The van der Waals surface area contributed by atoms with E-state index in [1.54, 1.807) is 0 Å². The highest BCUT2D eigenvalue weighted by atomic mass is 32.2. The van der Waals surface area contributed by atoms with Gasteiger partial charge in [-0.2, -0.15) is 11.8 Å². The predicted octanol–water partition coefficient (Wildman–Crippen LogP) is -1.66. The highest BCUT2D eigenvalue weighted by Crippen LogP contribution is 2.08. The molecule has 12 nitrogen and oxygen atoms in total. The second kappa shape index (κ2) is 16.1. The van der Waals surface area contributed by atoms with Crippen LogP contribution in [0.5, 0.6) is 0 Å². The van der Waals surface area contributed by atoms with Crippen molar-refractivity contribution in [1.82, 2.24) is 16.0 Å². The number of hydrogen-bond acceptors (Lipinski definition) is 7. The number of hydrogen-bond donors (Lipinski definition) is 7. The van der Waals surface area contributed by atoms with Crippen LogP contribution in [0.15, 0.2) is 4.99 Å². The van der Waals surface area contributed by atoms with Crippen LogP contribution in [-0.2, 0) is 19.2 Å². The highest BCUT2D eigenvalue weighted by Gasteiger charge is 2.29. The minimum Gasteiger partial charge on any atom is -0.480 e. The Labute approximate surface area is 192 Å². The molecule has 0 radical (unpaired) electrons. The summed E-state index contributed by atoms with van der Waals surface area (Å²) >= 11 is 1.48. The van der Waals surface area contributed by atoms with Crippen LogP contribution in [0.25, 0.3) is 0 Å². The Kier molecular flexibility index (Phi) is 14.9. The van der Waals surface area contributed by atoms with Crippen LogP contribution in [0.4, 0.5) is 0 Å². The van der Waals surface area contributed by atoms with Gasteiger partial charge < -0.3 is 38.3 Å². The maximum atomic E-state index is 12.8. The molecule has 0 aromatic rings. The molecule has 0 fully saturated rings. The van der Waals surface area contributed by atoms with Crippen molar-refractivity contribution in [2.24, 2.45) is 28.1 Å². The second-order valence-corrected chi connectivity index (χ2v) is 8.63. The maximum absolute atomic E-state index is 12.8. The van der Waals surface area contributed by atoms with E-state index in [0.29, 0.717) is 12.2 Å². The highest BCUT2D eigenvalue weighted by molar-refractivity contribution is 7.98. The molecule has 3 atom stereocenters. The molecule has 3 unspecified atom stereocenters. The summed E-state index contributed by atoms with van der Waals surface area (Å²) in [5, 5.41) is 17.0. The van der Waals surface area contributed by atoms with E-state index in [0.717, 1.165) is 0 Å². The average molecular weight is 476 g/mol. The van der Waals surface area contributed by atoms with Gasteiger partial charge in [-0.1, -0.05) is 13.8 Å². The zero-order chi connectivity index (χ0) is 24.7. The Morgan fingerprint density at radius 2 is 1.53 bits per heavy atom. The molecule has 0 rings (SSSR count). The van der Waals surface area contributed by atoms with Crippen molar-refractivity contribution in [1.29, 1.82) is 0 Å². The number of nitrogens with one attached hydrogen (secondary N) is 3. The summed E-state index contributed by atoms with van der Waals surface area (Å²) in [5.41, 5.74) is 15.9. The number of thioether (sulfide) groups is 1. The largest absolute Gasteiger partial charge is 0.480 e. The first-order chi connectivity index (χ1) is 15.0. The minimum atomic E-state index is -1.14. The van der Waals surface area contributed by atoms with E-state index in [1.165, 1.54) is 11.8 Å². The molecule has 10 N–H and O–H groups in total. The molecule has 32 heavy (non-hydrogen) atoms. The Morgan fingerprint density at radius 3 is 2.00 bits per heavy atom. The number of carbonyl (C=O) groups is 4. The van der Waals surface area contributed by atoms with E-state index in [1.807, 2.05) is 20.1 Å². The number of guanidine groups is 1. The van der Waals surface area contributed by atoms with Crippen LogP contribution in [0.3, 0.4) is 0 Å². The van der Waals surface area contributed by atoms with Gasteiger partial charge in [0.2, 0.25) is 17.7 Å². The van der Waals surface area contributed by atoms with Gasteiger partial charge in [0.15, 0.2) is 5.96 Å². The summed E-state index contributed by atoms with van der Waals surface area (Å²) < 4.78 is 0. The van der Waals surface area contributed by atoms with Crippen molar-refractivity contribution >= 4 is 41.4 Å². The zero-order valence-electron chi connectivity index (χ0n) is 18.9. The third-order valence-electron chi connectivity index (χ3n) is 4.35. The average Bonchev–Trinajstić information content (AvgIpc) is 2.71. The Bertz CT molecular complexity index is 656. The number of aliphatic imine (C=N–C) groups is 1. The molecule has 0 bridgehead atoms. The Hall–Kier alpha value is -2.54. The molecule has 0 spiro atoms. The van der Waals surface area contributed by atoms with Crippen LogP contribution in [0, 0.1) is 5.92 Å². The molecule has 0 saturated heterocycles. The second-order valence-electron chi connectivity index (χ2n) is 7.64. The summed E-state index contributed by atoms with van der Waals surface area (Å²) in [6.07, 6.45) is 3.01. The Morgan fingerprint density at radius 1 is 0.969 bits per heavy atom. The number of carboxylic acids is 1. The standard InChI is InChI=1S/C19H37N7O5S/c1-11(2)9-14(18(30)31)26-17(29)13(6-8-32-3)25-16(28)12(24-15(27)10-20)5-4-7-23-19(21)22/h11-14H,4-10,20H2,1-3H3,(H,24,27)(H,25,28)(H,26,29)(H,30,31)(H4,21,22,23). The van der Waals surface area contributed by atoms with E-state index >= 15 is 0 Å². The SMILES string of the molecule is CSCCC(NC(=O)C(CCCN=C(N)N)NC(=O)CN)C(=O)NC(CC(C)C)C(=O)O. The van der Waals surface area contributed by atoms with Gasteiger partial charge in [-0.25, -0.2) is 4.79 Å². The van der Waals surface area contributed by atoms with Gasteiger partial charge in [0.25, 0.3) is 0 Å². The van der Waals surface area contributed by atoms with Gasteiger partial charge in [0.05, 0.1) is 6.54 Å². The minimum absolute atomic E-state index is 0.0525. The lowest BCUT2D eigenvalue weighted by Crippen LogP contribution is -2.56. The first-order valence-corrected chi connectivity index (χ1v) is 11.8. The van der Waals surface area contributed by atoms with E-state index < -0.39 is 41.8 Å². The van der Waals surface area contributed by atoms with Crippen LogP contribution in [0.2, 0.25) is 0 Å². The topological polar surface area (TPSA) is 215 Å². The molecule has 0 heterocycles. The fourth-order valence-corrected chi connectivity index (χ4v) is 3.24. The number of rotatable bonds is 16. The van der Waals surface area contributed by atoms with Gasteiger partial charge in [0, 0.05) is 6.54 Å². The van der Waals surface area contributed by atoms with E-state index in [2.05, 4.69) is 20.9 Å². The van der Waals surface area contributed by atoms with Crippen LogP contribution in [-0.4, -0.2) is 78.0 Å². The number of amides is 3. The fraction of sp³-hybridized carbons (Fsp3) is 0.737. The number of carbonyl (C=O) groups excluding carboxylic acids is 3. The lowest BCUT2D eigenvalue weighted by atomic mass is 10.0. The van der Waals surface area contributed by atoms with Crippen molar-refractivity contribution < 1.29 is 24.3 Å². The van der Waals surface area contributed by atoms with Crippen molar-refractivity contribution in [3.8, 4) is 0 Å². The number of carboxylic acid groups (broad SMARTS) is 1. The van der Waals surface area contributed by atoms with Crippen molar-refractivity contribution in [2.45, 2.75) is 57.7 Å². The summed E-state index contributed by atoms with van der Waals surface area (Å²) in [4.78, 5) is 52.7. The van der Waals surface area contributed by atoms with Gasteiger partial charge >= 0.3 is 5.97 Å². The molecule has 13 heteroatoms. The molecule has 0 aromatic carbocycles. The van der Waals surface area contributed by atoms with Crippen molar-refractivity contribution in [3.05, 3.63) is 0 Å².